The second kappa shape index (κ2) is 23.9. The Balaban J connectivity index is 0. The smallest absolute Gasteiger partial charge is 0 e. The molecule has 0 unspecified atom stereocenters. The Morgan fingerprint density at radius 1 is 0.268 bits per heavy atom. The van der Waals surface area contributed by atoms with Crippen molar-refractivity contribution in [2.75, 3.05) is 0 Å². The van der Waals surface area contributed by atoms with Crippen LogP contribution in [0.4, 0.5) is 0 Å². The van der Waals surface area contributed by atoms with Crippen LogP contribution in [0, 0.1) is 73.0 Å². The summed E-state index contributed by atoms with van der Waals surface area (Å²) in [7, 11) is 0. The van der Waals surface area contributed by atoms with Crippen molar-refractivity contribution < 1.29 is 8.56 Å². The van der Waals surface area contributed by atoms with E-state index in [4.69, 9.17) is 0 Å². The van der Waals surface area contributed by atoms with E-state index in [0.717, 1.165) is 71.0 Å². The topological polar surface area (TPSA) is 0 Å². The molecular formula is C56H104. The van der Waals surface area contributed by atoms with Crippen molar-refractivity contribution in [3.63, 3.8) is 0 Å². The summed E-state index contributed by atoms with van der Waals surface area (Å²) < 4.78 is 0. The largest absolute Gasteiger partial charge is 0.0625 e. The Morgan fingerprint density at radius 2 is 0.446 bits per heavy atom. The van der Waals surface area contributed by atoms with Crippen molar-refractivity contribution in [2.45, 2.75) is 221 Å². The summed E-state index contributed by atoms with van der Waals surface area (Å²) in [6.07, 6.45) is 35.7. The minimum Gasteiger partial charge on any atom is -0.0625 e. The number of benzene rings is 2. The van der Waals surface area contributed by atoms with Gasteiger partial charge in [-0.2, -0.15) is 0 Å². The second-order valence-corrected chi connectivity index (χ2v) is 21.8. The van der Waals surface area contributed by atoms with Gasteiger partial charge in [0.15, 0.2) is 0 Å². The quantitative estimate of drug-likeness (QED) is 0.290. The van der Waals surface area contributed by atoms with Crippen LogP contribution in [-0.2, 0) is 0 Å². The fourth-order valence-electron chi connectivity index (χ4n) is 11.9. The number of hydrogen-bond acceptors (Lipinski definition) is 0. The average Bonchev–Trinajstić information content (AvgIpc) is 3.21. The molecule has 6 aliphatic rings. The molecule has 0 amide bonds. The van der Waals surface area contributed by atoms with E-state index in [9.17, 15) is 0 Å². The highest BCUT2D eigenvalue weighted by molar-refractivity contribution is 5.25. The van der Waals surface area contributed by atoms with Crippen LogP contribution < -0.4 is 0 Å². The minimum atomic E-state index is 0. The molecule has 2 aromatic carbocycles. The normalized spacial score (nSPS) is 36.3. The van der Waals surface area contributed by atoms with Gasteiger partial charge in [-0.15, -0.1) is 0 Å². The first kappa shape index (κ1) is 45.5. The monoisotopic (exact) mass is 777 g/mol. The van der Waals surface area contributed by atoms with Crippen LogP contribution >= 0.6 is 0 Å². The van der Waals surface area contributed by atoms with E-state index < -0.39 is 0 Å². The van der Waals surface area contributed by atoms with Crippen molar-refractivity contribution in [3.8, 4) is 0 Å². The van der Waals surface area contributed by atoms with Crippen LogP contribution in [0.3, 0.4) is 0 Å². The Bertz CT molecular complexity index is 1160. The average molecular weight is 777 g/mol. The summed E-state index contributed by atoms with van der Waals surface area (Å²) in [5, 5.41) is 0. The Labute approximate surface area is 358 Å². The molecule has 8 rings (SSSR count). The fourth-order valence-corrected chi connectivity index (χ4v) is 11.9. The molecule has 0 nitrogen and oxygen atoms in total. The maximum atomic E-state index is 2.43. The third kappa shape index (κ3) is 15.6. The highest BCUT2D eigenvalue weighted by atomic mass is 14.4. The summed E-state index contributed by atoms with van der Waals surface area (Å²) in [5.41, 5.74) is 5.86. The molecule has 0 heteroatoms. The van der Waals surface area contributed by atoms with Gasteiger partial charge in [-0.1, -0.05) is 178 Å². The molecule has 6 aliphatic carbocycles. The van der Waals surface area contributed by atoms with Crippen LogP contribution in [0.2, 0.25) is 0 Å². The lowest BCUT2D eigenvalue weighted by atomic mass is 9.70. The van der Waals surface area contributed by atoms with Gasteiger partial charge in [0.05, 0.1) is 0 Å². The number of aryl methyl sites for hydroxylation is 2. The second-order valence-electron chi connectivity index (χ2n) is 21.8. The lowest BCUT2D eigenvalue weighted by Gasteiger charge is -2.36. The molecule has 56 heavy (non-hydrogen) atoms. The van der Waals surface area contributed by atoms with Crippen molar-refractivity contribution in [1.29, 1.82) is 0 Å². The lowest BCUT2D eigenvalue weighted by molar-refractivity contribution is 0.155. The molecule has 0 aromatic heterocycles. The predicted octanol–water partition coefficient (Wildman–Crippen LogP) is 19.3. The molecule has 0 radical (unpaired) electrons. The van der Waals surface area contributed by atoms with E-state index in [1.807, 2.05) is 0 Å². The van der Waals surface area contributed by atoms with Crippen LogP contribution in [-0.4, -0.2) is 0 Å². The number of hydrogen-bond donors (Lipinski definition) is 0. The Kier molecular flexibility index (Phi) is 19.4. The van der Waals surface area contributed by atoms with Gasteiger partial charge in [0.25, 0.3) is 0 Å². The molecule has 6 saturated carbocycles. The predicted molar refractivity (Wildman–Crippen MR) is 260 cm³/mol. The molecule has 0 spiro atoms. The standard InChI is InChI=1S/2C14H26.2C14H20.6H2/c4*1-11-3-7-13(8-4-11)14-9-5-12(2)6-10-14;;;;;;/h2*11-14H,3-10H2,1-2H3;2*3-4,7-8,12,14H,5-6,9-10H2,1-2H3;6*1H. The molecule has 328 valence electrons. The highest BCUT2D eigenvalue weighted by Crippen LogP contribution is 2.43. The molecule has 0 bridgehead atoms. The summed E-state index contributed by atoms with van der Waals surface area (Å²) in [6, 6.07) is 18.2. The van der Waals surface area contributed by atoms with E-state index in [-0.39, 0.29) is 8.56 Å². The first-order chi connectivity index (χ1) is 27.0. The third-order valence-electron chi connectivity index (χ3n) is 16.7. The van der Waals surface area contributed by atoms with Gasteiger partial charge in [-0.25, -0.2) is 0 Å². The summed E-state index contributed by atoms with van der Waals surface area (Å²) in [4.78, 5) is 0. The molecule has 0 atom stereocenters. The lowest BCUT2D eigenvalue weighted by Crippen LogP contribution is -2.24. The van der Waals surface area contributed by atoms with Crippen molar-refractivity contribution >= 4 is 0 Å². The molecule has 0 saturated heterocycles. The van der Waals surface area contributed by atoms with Crippen LogP contribution in [0.15, 0.2) is 48.5 Å². The zero-order chi connectivity index (χ0) is 39.9. The molecule has 0 N–H and O–H groups in total. The van der Waals surface area contributed by atoms with Crippen molar-refractivity contribution in [1.82, 2.24) is 0 Å². The van der Waals surface area contributed by atoms with Crippen LogP contribution in [0.5, 0.6) is 0 Å². The highest BCUT2D eigenvalue weighted by Gasteiger charge is 2.30. The molecular weight excluding hydrogens is 673 g/mol. The van der Waals surface area contributed by atoms with Crippen molar-refractivity contribution in [2.24, 2.45) is 59.2 Å². The first-order valence-electron chi connectivity index (χ1n) is 25.1. The van der Waals surface area contributed by atoms with Crippen LogP contribution in [0.25, 0.3) is 0 Å². The van der Waals surface area contributed by atoms with Crippen molar-refractivity contribution in [3.05, 3.63) is 70.8 Å². The molecule has 2 aromatic rings. The van der Waals surface area contributed by atoms with Gasteiger partial charge < -0.3 is 0 Å². The minimum absolute atomic E-state index is 0. The third-order valence-corrected chi connectivity index (χ3v) is 16.7. The SMILES string of the molecule is CC1CCC(C2CCC(C)CC2)CC1.CC1CCC(C2CCC(C)CC2)CC1.Cc1ccc(C2CCC(C)CC2)cc1.Cc1ccc(C2CCC(C)CC2)cc1.[HH].[HH].[HH].[HH].[HH].[HH]. The van der Waals surface area contributed by atoms with Gasteiger partial charge >= 0.3 is 0 Å². The Hall–Kier alpha value is -1.56. The number of rotatable bonds is 4. The molecule has 0 aliphatic heterocycles. The van der Waals surface area contributed by atoms with Gasteiger partial charge in [0, 0.05) is 8.56 Å². The zero-order valence-corrected chi connectivity index (χ0v) is 38.5. The maximum Gasteiger partial charge on any atom is 0 e. The first-order valence-corrected chi connectivity index (χ1v) is 25.1. The fraction of sp³-hybridized carbons (Fsp3) is 0.786. The summed E-state index contributed by atoms with van der Waals surface area (Å²) in [6.45, 7) is 18.8. The van der Waals surface area contributed by atoms with E-state index in [1.165, 1.54) is 114 Å². The zero-order valence-electron chi connectivity index (χ0n) is 38.5. The summed E-state index contributed by atoms with van der Waals surface area (Å²) >= 11 is 0. The molecule has 0 heterocycles. The van der Waals surface area contributed by atoms with E-state index >= 15 is 0 Å². The van der Waals surface area contributed by atoms with Gasteiger partial charge in [-0.05, 0) is 173 Å². The Morgan fingerprint density at radius 3 is 0.643 bits per heavy atom. The van der Waals surface area contributed by atoms with Crippen LogP contribution in [0.1, 0.15) is 238 Å². The summed E-state index contributed by atoms with van der Waals surface area (Å²) in [5.74, 6) is 12.1. The van der Waals surface area contributed by atoms with Gasteiger partial charge in [0.1, 0.15) is 0 Å². The van der Waals surface area contributed by atoms with E-state index in [1.54, 1.807) is 62.5 Å². The molecule has 6 fully saturated rings. The maximum absolute atomic E-state index is 2.43. The van der Waals surface area contributed by atoms with Gasteiger partial charge in [0.2, 0.25) is 0 Å². The van der Waals surface area contributed by atoms with Gasteiger partial charge in [-0.3, -0.25) is 0 Å². The van der Waals surface area contributed by atoms with E-state index in [2.05, 4.69) is 104 Å². The van der Waals surface area contributed by atoms with E-state index in [0.29, 0.717) is 0 Å².